The summed E-state index contributed by atoms with van der Waals surface area (Å²) in [5.74, 6) is -0.690. The molecule has 0 unspecified atom stereocenters. The average Bonchev–Trinajstić information content (AvgIpc) is 2.84. The highest BCUT2D eigenvalue weighted by Gasteiger charge is 2.41. The summed E-state index contributed by atoms with van der Waals surface area (Å²) in [4.78, 5) is 16.2. The zero-order valence-electron chi connectivity index (χ0n) is 10.7. The number of hydrogen-bond donors (Lipinski definition) is 7. The van der Waals surface area contributed by atoms with Crippen molar-refractivity contribution in [1.29, 1.82) is 0 Å². The van der Waals surface area contributed by atoms with Gasteiger partial charge in [0.05, 0.1) is 12.9 Å². The molecule has 4 atom stereocenters. The zero-order chi connectivity index (χ0) is 15.4. The number of nitrogens with two attached hydrogens (primary N) is 2. The Balaban J connectivity index is 0.000000200. The van der Waals surface area contributed by atoms with Crippen LogP contribution in [0.4, 0.5) is 5.82 Å². The van der Waals surface area contributed by atoms with Gasteiger partial charge in [-0.05, 0) is 0 Å². The number of carbonyl (C=O) groups excluding carboxylic acids is 1. The van der Waals surface area contributed by atoms with Crippen LogP contribution in [0.5, 0.6) is 0 Å². The van der Waals surface area contributed by atoms with E-state index >= 15 is 0 Å². The number of imidazole rings is 1. The van der Waals surface area contributed by atoms with Crippen molar-refractivity contribution >= 4 is 11.7 Å². The van der Waals surface area contributed by atoms with Gasteiger partial charge in [-0.25, -0.2) is 4.98 Å². The quantitative estimate of drug-likeness (QED) is 0.290. The molecule has 10 heteroatoms. The summed E-state index contributed by atoms with van der Waals surface area (Å²) in [6, 6.07) is 0. The van der Waals surface area contributed by atoms with Gasteiger partial charge in [0.1, 0.15) is 25.5 Å². The maximum absolute atomic E-state index is 10.4. The number of aliphatic hydroxyl groups is 4. The van der Waals surface area contributed by atoms with Crippen LogP contribution < -0.4 is 11.5 Å². The summed E-state index contributed by atoms with van der Waals surface area (Å²) in [6.07, 6.45) is -4.92. The van der Waals surface area contributed by atoms with Crippen LogP contribution in [-0.2, 0) is 4.74 Å². The molecular weight excluding hydrogens is 260 g/mol. The van der Waals surface area contributed by atoms with Gasteiger partial charge in [-0.3, -0.25) is 4.79 Å². The lowest BCUT2D eigenvalue weighted by molar-refractivity contribution is -0.132. The molecule has 1 aromatic heterocycles. The number of hydrogen-bond acceptors (Lipinski definition) is 8. The van der Waals surface area contributed by atoms with Gasteiger partial charge in [0, 0.05) is 0 Å². The Labute approximate surface area is 109 Å². The SMILES string of the molecule is OC[C@H]1O[C@@H](O)[C@H](O)[C@@H]1O.[2H]c1nc(C(N)=O)c(N)[nH]1. The van der Waals surface area contributed by atoms with E-state index < -0.39 is 37.1 Å². The van der Waals surface area contributed by atoms with Crippen molar-refractivity contribution in [2.24, 2.45) is 5.73 Å². The highest BCUT2D eigenvalue weighted by atomic mass is 16.6. The molecule has 0 saturated carbocycles. The van der Waals surface area contributed by atoms with Gasteiger partial charge in [0.15, 0.2) is 12.0 Å². The molecule has 0 radical (unpaired) electrons. The third-order valence-electron chi connectivity index (χ3n) is 2.36. The number of rotatable bonds is 2. The molecule has 2 rings (SSSR count). The van der Waals surface area contributed by atoms with E-state index in [4.69, 9.17) is 33.3 Å². The summed E-state index contributed by atoms with van der Waals surface area (Å²) in [7, 11) is 0. The molecule has 0 bridgehead atoms. The number of aliphatic hydroxyl groups excluding tert-OH is 4. The molecule has 108 valence electrons. The van der Waals surface area contributed by atoms with Crippen molar-refractivity contribution in [2.45, 2.75) is 24.6 Å². The largest absolute Gasteiger partial charge is 0.394 e. The molecule has 1 aliphatic heterocycles. The topological polar surface area (TPSA) is 188 Å². The maximum atomic E-state index is 10.4. The third kappa shape index (κ3) is 3.62. The van der Waals surface area contributed by atoms with Crippen molar-refractivity contribution in [3.63, 3.8) is 0 Å². The molecule has 1 saturated heterocycles. The molecule has 9 N–H and O–H groups in total. The van der Waals surface area contributed by atoms with Crippen molar-refractivity contribution < 1.29 is 31.3 Å². The summed E-state index contributed by atoms with van der Waals surface area (Å²) >= 11 is 0. The van der Waals surface area contributed by atoms with Crippen LogP contribution >= 0.6 is 0 Å². The molecule has 10 nitrogen and oxygen atoms in total. The Morgan fingerprint density at radius 3 is 2.37 bits per heavy atom. The highest BCUT2D eigenvalue weighted by Crippen LogP contribution is 2.18. The first-order chi connectivity index (χ1) is 9.27. The third-order valence-corrected chi connectivity index (χ3v) is 2.36. The van der Waals surface area contributed by atoms with Gasteiger partial charge >= 0.3 is 0 Å². The van der Waals surface area contributed by atoms with Crippen LogP contribution in [-0.4, -0.2) is 67.5 Å². The van der Waals surface area contributed by atoms with E-state index in [1.54, 1.807) is 0 Å². The normalized spacial score (nSPS) is 30.4. The zero-order valence-corrected chi connectivity index (χ0v) is 9.72. The van der Waals surface area contributed by atoms with Gasteiger partial charge in [-0.2, -0.15) is 0 Å². The van der Waals surface area contributed by atoms with Gasteiger partial charge < -0.3 is 41.6 Å². The number of aromatic nitrogens is 2. The molecule has 1 amide bonds. The van der Waals surface area contributed by atoms with Gasteiger partial charge in [-0.15, -0.1) is 0 Å². The number of primary amides is 1. The second kappa shape index (κ2) is 6.45. The number of aromatic amines is 1. The molecule has 0 aromatic carbocycles. The fourth-order valence-corrected chi connectivity index (χ4v) is 1.33. The van der Waals surface area contributed by atoms with E-state index in [1.165, 1.54) is 0 Å². The van der Waals surface area contributed by atoms with Crippen LogP contribution in [0.15, 0.2) is 6.30 Å². The number of nitrogen functional groups attached to an aromatic ring is 1. The lowest BCUT2D eigenvalue weighted by Gasteiger charge is -2.09. The number of ether oxygens (including phenoxy) is 1. The van der Waals surface area contributed by atoms with Gasteiger partial charge in [0.2, 0.25) is 0 Å². The standard InChI is InChI=1S/C5H10O5.C4H6N4O/c6-1-2-3(7)4(8)5(9)10-2;5-3-2(4(6)9)7-1-8-3/h2-9H,1H2;1H,5H2,(H2,6,9)(H,7,8)/t2-,3-,4-,5-;/m1./s1/i;1D. The Kier molecular flexibility index (Phi) is 4.65. The number of anilines is 1. The molecular formula is C9H16N4O6. The summed E-state index contributed by atoms with van der Waals surface area (Å²) < 4.78 is 11.4. The lowest BCUT2D eigenvalue weighted by Crippen LogP contribution is -2.33. The monoisotopic (exact) mass is 277 g/mol. The Morgan fingerprint density at radius 1 is 1.53 bits per heavy atom. The summed E-state index contributed by atoms with van der Waals surface area (Å²) in [6.45, 7) is -0.407. The molecule has 1 aliphatic rings. The molecule has 1 aromatic rings. The first kappa shape index (κ1) is 13.7. The fourth-order valence-electron chi connectivity index (χ4n) is 1.33. The minimum Gasteiger partial charge on any atom is -0.394 e. The minimum absolute atomic E-state index is 0.0394. The number of carbonyl (C=O) groups is 1. The summed E-state index contributed by atoms with van der Waals surface area (Å²) in [5, 5.41) is 35.0. The van der Waals surface area contributed by atoms with E-state index in [9.17, 15) is 4.79 Å². The van der Waals surface area contributed by atoms with Crippen LogP contribution in [0.25, 0.3) is 0 Å². The van der Waals surface area contributed by atoms with Crippen LogP contribution in [0.1, 0.15) is 11.9 Å². The Morgan fingerprint density at radius 2 is 2.16 bits per heavy atom. The second-order valence-electron chi connectivity index (χ2n) is 3.70. The van der Waals surface area contributed by atoms with Crippen molar-refractivity contribution in [3.05, 3.63) is 12.0 Å². The Bertz CT molecular complexity index is 469. The van der Waals surface area contributed by atoms with Crippen LogP contribution in [0, 0.1) is 0 Å². The van der Waals surface area contributed by atoms with Crippen molar-refractivity contribution in [1.82, 2.24) is 9.97 Å². The van der Waals surface area contributed by atoms with Crippen molar-refractivity contribution in [2.75, 3.05) is 12.3 Å². The van der Waals surface area contributed by atoms with Gasteiger partial charge in [-0.1, -0.05) is 0 Å². The number of H-pyrrole nitrogens is 1. The van der Waals surface area contributed by atoms with E-state index in [0.717, 1.165) is 0 Å². The van der Waals surface area contributed by atoms with E-state index in [0.29, 0.717) is 0 Å². The second-order valence-corrected chi connectivity index (χ2v) is 3.70. The molecule has 19 heavy (non-hydrogen) atoms. The molecule has 1 fully saturated rings. The first-order valence-electron chi connectivity index (χ1n) is 5.70. The number of amides is 1. The Hall–Kier alpha value is -1.72. The van der Waals surface area contributed by atoms with Crippen LogP contribution in [0.2, 0.25) is 0 Å². The summed E-state index contributed by atoms with van der Waals surface area (Å²) in [5.41, 5.74) is 9.97. The lowest BCUT2D eigenvalue weighted by atomic mass is 10.1. The van der Waals surface area contributed by atoms with Gasteiger partial charge in [0.25, 0.3) is 5.91 Å². The smallest absolute Gasteiger partial charge is 0.271 e. The predicted octanol–water partition coefficient (Wildman–Crippen LogP) is -3.49. The maximum Gasteiger partial charge on any atom is 0.271 e. The first-order valence-corrected chi connectivity index (χ1v) is 5.20. The van der Waals surface area contributed by atoms with Crippen LogP contribution in [0.3, 0.4) is 0 Å². The van der Waals surface area contributed by atoms with E-state index in [-0.39, 0.29) is 17.8 Å². The number of nitrogens with zero attached hydrogens (tertiary/aromatic N) is 1. The highest BCUT2D eigenvalue weighted by molar-refractivity contribution is 5.94. The number of nitrogens with one attached hydrogen (secondary N) is 1. The average molecular weight is 277 g/mol. The predicted molar refractivity (Wildman–Crippen MR) is 61.5 cm³/mol. The minimum atomic E-state index is -1.38. The molecule has 0 aliphatic carbocycles. The molecule has 0 spiro atoms. The van der Waals surface area contributed by atoms with Crippen molar-refractivity contribution in [3.8, 4) is 0 Å². The van der Waals surface area contributed by atoms with E-state index in [2.05, 4.69) is 14.7 Å². The fraction of sp³-hybridized carbons (Fsp3) is 0.556. The molecule has 2 heterocycles. The van der Waals surface area contributed by atoms with E-state index in [1.807, 2.05) is 0 Å².